The molecule has 0 spiro atoms. The number of nitrogens with zero attached hydrogens (tertiary/aromatic N) is 2. The van der Waals surface area contributed by atoms with E-state index < -0.39 is 0 Å². The van der Waals surface area contributed by atoms with Gasteiger partial charge in [-0.2, -0.15) is 10.5 Å². The van der Waals surface area contributed by atoms with Crippen molar-refractivity contribution in [3.8, 4) is 34.4 Å². The highest BCUT2D eigenvalue weighted by Gasteiger charge is 2.29. The third-order valence-corrected chi connectivity index (χ3v) is 9.73. The van der Waals surface area contributed by atoms with E-state index in [4.69, 9.17) is 4.42 Å². The first-order valence-corrected chi connectivity index (χ1v) is 15.2. The molecule has 0 amide bonds. The van der Waals surface area contributed by atoms with Crippen LogP contribution < -0.4 is 0 Å². The van der Waals surface area contributed by atoms with Crippen LogP contribution in [-0.2, 0) is 0 Å². The van der Waals surface area contributed by atoms with Crippen molar-refractivity contribution in [2.75, 3.05) is 0 Å². The molecular weight excluding hydrogens is 545 g/mol. The van der Waals surface area contributed by atoms with Crippen LogP contribution in [-0.4, -0.2) is 0 Å². The minimum atomic E-state index is 0.240. The largest absolute Gasteiger partial charge is 0.460 e. The van der Waals surface area contributed by atoms with E-state index in [-0.39, 0.29) is 5.92 Å². The molecule has 1 unspecified atom stereocenters. The molecule has 202 valence electrons. The second-order valence-electron chi connectivity index (χ2n) is 11.1. The van der Waals surface area contributed by atoms with Crippen LogP contribution in [0.5, 0.6) is 0 Å². The molecule has 0 bridgehead atoms. The molecule has 0 saturated carbocycles. The van der Waals surface area contributed by atoms with Gasteiger partial charge in [0.15, 0.2) is 0 Å². The van der Waals surface area contributed by atoms with E-state index in [0.29, 0.717) is 11.1 Å². The zero-order valence-electron chi connectivity index (χ0n) is 23.4. The summed E-state index contributed by atoms with van der Waals surface area (Å²) in [7, 11) is 0. The normalized spacial score (nSPS) is 14.4. The fourth-order valence-electron chi connectivity index (χ4n) is 6.53. The van der Waals surface area contributed by atoms with Crippen LogP contribution in [0, 0.1) is 22.7 Å². The number of hydrogen-bond acceptors (Lipinski definition) is 4. The van der Waals surface area contributed by atoms with Crippen molar-refractivity contribution in [2.24, 2.45) is 0 Å². The quantitative estimate of drug-likeness (QED) is 0.213. The zero-order chi connectivity index (χ0) is 29.1. The predicted octanol–water partition coefficient (Wildman–Crippen LogP) is 10.8. The van der Waals surface area contributed by atoms with Crippen molar-refractivity contribution in [3.63, 3.8) is 0 Å². The number of para-hydroxylation sites is 1. The predicted molar refractivity (Wildman–Crippen MR) is 176 cm³/mol. The van der Waals surface area contributed by atoms with Crippen molar-refractivity contribution < 1.29 is 4.42 Å². The van der Waals surface area contributed by atoms with Crippen molar-refractivity contribution in [2.45, 2.75) is 19.3 Å². The lowest BCUT2D eigenvalue weighted by atomic mass is 9.80. The Hall–Kier alpha value is -5.42. The standard InChI is InChI=1S/C39H24N2OS/c1-23-13-18-28(38-29-7-2-4-10-34(29)42-39(23)38)32-20-26(25-16-14-24(21-40)15-17-25)19-31(33(32)22-41)27-9-6-12-36-37(27)30-8-3-5-11-35(30)43-36/h2-12,14-20,23H,13H2,1H3. The Morgan fingerprint density at radius 2 is 1.47 bits per heavy atom. The van der Waals surface area contributed by atoms with E-state index in [1.807, 2.05) is 42.5 Å². The highest BCUT2D eigenvalue weighted by atomic mass is 32.1. The van der Waals surface area contributed by atoms with Gasteiger partial charge in [0.2, 0.25) is 0 Å². The van der Waals surface area contributed by atoms with Crippen LogP contribution in [0.15, 0.2) is 114 Å². The minimum Gasteiger partial charge on any atom is -0.460 e. The lowest BCUT2D eigenvalue weighted by Crippen LogP contribution is -2.05. The van der Waals surface area contributed by atoms with Crippen LogP contribution in [0.3, 0.4) is 0 Å². The molecule has 1 atom stereocenters. The molecule has 1 aliphatic carbocycles. The molecule has 0 saturated heterocycles. The molecule has 8 rings (SSSR count). The Bertz CT molecular complexity index is 2360. The molecule has 1 aliphatic rings. The van der Waals surface area contributed by atoms with Crippen LogP contribution in [0.2, 0.25) is 0 Å². The van der Waals surface area contributed by atoms with E-state index in [2.05, 4.69) is 85.8 Å². The van der Waals surface area contributed by atoms with Crippen molar-refractivity contribution in [1.29, 1.82) is 10.5 Å². The average molecular weight is 569 g/mol. The van der Waals surface area contributed by atoms with Crippen LogP contribution in [0.1, 0.15) is 47.3 Å². The molecule has 0 aliphatic heterocycles. The highest BCUT2D eigenvalue weighted by Crippen LogP contribution is 2.48. The number of fused-ring (bicyclic) bond motifs is 6. The molecule has 3 nitrogen and oxygen atoms in total. The second-order valence-corrected chi connectivity index (χ2v) is 12.2. The van der Waals surface area contributed by atoms with Gasteiger partial charge < -0.3 is 4.42 Å². The molecule has 0 N–H and O–H groups in total. The van der Waals surface area contributed by atoms with E-state index in [9.17, 15) is 10.5 Å². The number of nitriles is 2. The summed E-state index contributed by atoms with van der Waals surface area (Å²) < 4.78 is 8.85. The van der Waals surface area contributed by atoms with Gasteiger partial charge in [0.1, 0.15) is 17.4 Å². The smallest absolute Gasteiger partial charge is 0.134 e. The molecule has 5 aromatic carbocycles. The molecule has 4 heteroatoms. The lowest BCUT2D eigenvalue weighted by molar-refractivity contribution is 0.503. The number of rotatable bonds is 3. The van der Waals surface area contributed by atoms with Crippen molar-refractivity contribution in [3.05, 3.63) is 137 Å². The van der Waals surface area contributed by atoms with E-state index >= 15 is 0 Å². The van der Waals surface area contributed by atoms with Gasteiger partial charge in [0.25, 0.3) is 0 Å². The monoisotopic (exact) mass is 568 g/mol. The Morgan fingerprint density at radius 3 is 2.28 bits per heavy atom. The summed E-state index contributed by atoms with van der Waals surface area (Å²) in [6.45, 7) is 2.20. The zero-order valence-corrected chi connectivity index (χ0v) is 24.2. The number of allylic oxidation sites excluding steroid dienone is 1. The number of hydrogen-bond donors (Lipinski definition) is 0. The molecule has 7 aromatic rings. The Morgan fingerprint density at radius 1 is 0.721 bits per heavy atom. The SMILES string of the molecule is CC1CC=C(c2cc(-c3ccc(C#N)cc3)cc(-c3cccc4sc5ccccc5c34)c2C#N)c2c1oc1ccccc21. The first-order chi connectivity index (χ1) is 21.1. The van der Waals surface area contributed by atoms with Crippen molar-refractivity contribution in [1.82, 2.24) is 0 Å². The van der Waals surface area contributed by atoms with Gasteiger partial charge in [-0.1, -0.05) is 73.7 Å². The summed E-state index contributed by atoms with van der Waals surface area (Å²) >= 11 is 1.78. The summed E-state index contributed by atoms with van der Waals surface area (Å²) in [5, 5.41) is 23.7. The van der Waals surface area contributed by atoms with Crippen LogP contribution >= 0.6 is 11.3 Å². The third kappa shape index (κ3) is 3.92. The number of furan rings is 1. The summed E-state index contributed by atoms with van der Waals surface area (Å²) in [5.74, 6) is 1.21. The topological polar surface area (TPSA) is 60.7 Å². The van der Waals surface area contributed by atoms with Gasteiger partial charge in [0.05, 0.1) is 17.2 Å². The van der Waals surface area contributed by atoms with E-state index in [1.165, 1.54) is 20.2 Å². The maximum Gasteiger partial charge on any atom is 0.134 e. The number of benzene rings is 5. The van der Waals surface area contributed by atoms with Gasteiger partial charge in [-0.3, -0.25) is 0 Å². The van der Waals surface area contributed by atoms with Gasteiger partial charge in [-0.25, -0.2) is 0 Å². The highest BCUT2D eigenvalue weighted by molar-refractivity contribution is 7.25. The fourth-order valence-corrected chi connectivity index (χ4v) is 7.66. The molecule has 0 fully saturated rings. The third-order valence-electron chi connectivity index (χ3n) is 8.60. The maximum atomic E-state index is 10.9. The van der Waals surface area contributed by atoms with E-state index in [0.717, 1.165) is 62.1 Å². The second kappa shape index (κ2) is 9.85. The van der Waals surface area contributed by atoms with Crippen molar-refractivity contribution >= 4 is 48.1 Å². The Labute approximate surface area is 253 Å². The molecule has 0 radical (unpaired) electrons. The summed E-state index contributed by atoms with van der Waals surface area (Å²) in [6.07, 6.45) is 3.10. The first kappa shape index (κ1) is 25.3. The van der Waals surface area contributed by atoms with Gasteiger partial charge in [-0.15, -0.1) is 11.3 Å². The van der Waals surface area contributed by atoms with E-state index in [1.54, 1.807) is 11.3 Å². The minimum absolute atomic E-state index is 0.240. The lowest BCUT2D eigenvalue weighted by Gasteiger charge is -2.22. The molecule has 43 heavy (non-hydrogen) atoms. The van der Waals surface area contributed by atoms with Crippen LogP contribution in [0.4, 0.5) is 0 Å². The van der Waals surface area contributed by atoms with Crippen LogP contribution in [0.25, 0.3) is 59.0 Å². The molecule has 2 heterocycles. The fraction of sp³-hybridized carbons (Fsp3) is 0.0769. The van der Waals surface area contributed by atoms with Gasteiger partial charge in [-0.05, 0) is 71.1 Å². The number of thiophene rings is 1. The first-order valence-electron chi connectivity index (χ1n) is 14.4. The Balaban J connectivity index is 1.47. The summed E-state index contributed by atoms with van der Waals surface area (Å²) in [5.41, 5.74) is 9.09. The van der Waals surface area contributed by atoms with Gasteiger partial charge in [0, 0.05) is 48.2 Å². The Kier molecular flexibility index (Phi) is 5.79. The molecular formula is C39H24N2OS. The average Bonchev–Trinajstić information content (AvgIpc) is 3.64. The molecule has 2 aromatic heterocycles. The van der Waals surface area contributed by atoms with Gasteiger partial charge >= 0.3 is 0 Å². The summed E-state index contributed by atoms with van der Waals surface area (Å²) in [4.78, 5) is 0. The summed E-state index contributed by atoms with van der Waals surface area (Å²) in [6, 6.07) is 39.9. The maximum absolute atomic E-state index is 10.9.